The van der Waals surface area contributed by atoms with Crippen LogP contribution in [0.1, 0.15) is 44.7 Å². The lowest BCUT2D eigenvalue weighted by Crippen LogP contribution is -2.65. The minimum atomic E-state index is -0.289. The average Bonchev–Trinajstić information content (AvgIpc) is 2.86. The minimum Gasteiger partial charge on any atom is -0.404 e. The molecule has 5 rings (SSSR count). The molecule has 0 amide bonds. The summed E-state index contributed by atoms with van der Waals surface area (Å²) >= 11 is 6.67. The maximum Gasteiger partial charge on any atom is 0.477 e. The van der Waals surface area contributed by atoms with E-state index in [1.807, 2.05) is 0 Å². The minimum absolute atomic E-state index is 0.138. The summed E-state index contributed by atoms with van der Waals surface area (Å²) in [6.07, 6.45) is 3.39. The molecule has 2 bridgehead atoms. The molecule has 124 valence electrons. The zero-order chi connectivity index (χ0) is 16.4. The van der Waals surface area contributed by atoms with Crippen LogP contribution in [0.25, 0.3) is 0 Å². The number of halogens is 1. The second kappa shape index (κ2) is 5.24. The van der Waals surface area contributed by atoms with Crippen LogP contribution < -0.4 is 0 Å². The lowest BCUT2D eigenvalue weighted by Gasteiger charge is -2.64. The quantitative estimate of drug-likeness (QED) is 0.603. The van der Waals surface area contributed by atoms with Gasteiger partial charge in [0.25, 0.3) is 0 Å². The van der Waals surface area contributed by atoms with E-state index in [2.05, 4.69) is 52.0 Å². The van der Waals surface area contributed by atoms with Gasteiger partial charge >= 0.3 is 7.12 Å². The molecule has 0 aromatic heterocycles. The van der Waals surface area contributed by atoms with E-state index in [0.717, 1.165) is 18.8 Å². The highest BCUT2D eigenvalue weighted by Gasteiger charge is 2.68. The molecule has 2 nitrogen and oxygen atoms in total. The van der Waals surface area contributed by atoms with E-state index in [9.17, 15) is 0 Å². The van der Waals surface area contributed by atoms with Crippen molar-refractivity contribution in [3.05, 3.63) is 35.4 Å². The van der Waals surface area contributed by atoms with Gasteiger partial charge in [-0.2, -0.15) is 0 Å². The second-order valence-electron chi connectivity index (χ2n) is 8.54. The van der Waals surface area contributed by atoms with Crippen LogP contribution in [0, 0.1) is 24.2 Å². The third kappa shape index (κ3) is 2.39. The largest absolute Gasteiger partial charge is 0.477 e. The molecule has 4 heteroatoms. The lowest BCUT2D eigenvalue weighted by molar-refractivity contribution is -0.199. The number of alkyl halides is 1. The molecule has 1 aromatic rings. The molecule has 1 saturated heterocycles. The van der Waals surface area contributed by atoms with Gasteiger partial charge < -0.3 is 9.31 Å². The number of benzene rings is 1. The summed E-state index contributed by atoms with van der Waals surface area (Å²) in [5.41, 5.74) is 2.73. The highest BCUT2D eigenvalue weighted by molar-refractivity contribution is 6.60. The van der Waals surface area contributed by atoms with Gasteiger partial charge in [-0.05, 0) is 55.9 Å². The highest BCUT2D eigenvalue weighted by Crippen LogP contribution is 2.65. The standard InChI is InChI=1S/C19H26BClO2/c1-12-5-7-13(8-6-12)9-17(21)20-22-16-11-14-10-15(18(14,2)3)19(16,4)23-20/h5-8,14-17H,9-11H2,1-4H3/t14-,15-,16+,17?,19-/m0/s1. The molecule has 0 radical (unpaired) electrons. The van der Waals surface area contributed by atoms with Crippen LogP contribution in [0.2, 0.25) is 0 Å². The van der Waals surface area contributed by atoms with E-state index >= 15 is 0 Å². The predicted molar refractivity (Wildman–Crippen MR) is 94.6 cm³/mol. The summed E-state index contributed by atoms with van der Waals surface area (Å²) in [5, 5.41) is -0.138. The first kappa shape index (κ1) is 16.0. The molecule has 1 heterocycles. The van der Waals surface area contributed by atoms with Crippen LogP contribution in [0.15, 0.2) is 24.3 Å². The first-order chi connectivity index (χ1) is 10.8. The highest BCUT2D eigenvalue weighted by atomic mass is 35.5. The van der Waals surface area contributed by atoms with Gasteiger partial charge in [0.2, 0.25) is 0 Å². The first-order valence-corrected chi connectivity index (χ1v) is 9.27. The Bertz CT molecular complexity index is 602. The van der Waals surface area contributed by atoms with Gasteiger partial charge in [-0.3, -0.25) is 0 Å². The van der Waals surface area contributed by atoms with E-state index in [4.69, 9.17) is 20.9 Å². The third-order valence-electron chi connectivity index (χ3n) is 6.82. The average molecular weight is 333 g/mol. The molecule has 1 aliphatic heterocycles. The molecule has 3 aliphatic carbocycles. The Hall–Kier alpha value is -0.505. The van der Waals surface area contributed by atoms with E-state index in [0.29, 0.717) is 11.3 Å². The van der Waals surface area contributed by atoms with Crippen LogP contribution in [0.4, 0.5) is 0 Å². The number of hydrogen-bond donors (Lipinski definition) is 0. The fourth-order valence-corrected chi connectivity index (χ4v) is 5.39. The third-order valence-corrected chi connectivity index (χ3v) is 7.18. The summed E-state index contributed by atoms with van der Waals surface area (Å²) in [7, 11) is -0.289. The molecule has 1 aromatic carbocycles. The maximum atomic E-state index is 6.67. The first-order valence-electron chi connectivity index (χ1n) is 8.83. The van der Waals surface area contributed by atoms with E-state index in [1.54, 1.807) is 0 Å². The summed E-state index contributed by atoms with van der Waals surface area (Å²) in [4.78, 5) is 0. The Morgan fingerprint density at radius 1 is 1.22 bits per heavy atom. The van der Waals surface area contributed by atoms with Crippen LogP contribution in [0.3, 0.4) is 0 Å². The molecule has 1 unspecified atom stereocenters. The van der Waals surface area contributed by atoms with E-state index in [-0.39, 0.29) is 24.1 Å². The van der Waals surface area contributed by atoms with Crippen molar-refractivity contribution in [2.45, 2.75) is 63.9 Å². The number of hydrogen-bond acceptors (Lipinski definition) is 2. The number of aryl methyl sites for hydroxylation is 1. The normalized spacial score (nSPS) is 38.8. The Kier molecular flexibility index (Phi) is 3.65. The fourth-order valence-electron chi connectivity index (χ4n) is 5.10. The van der Waals surface area contributed by atoms with Gasteiger partial charge in [0.05, 0.1) is 17.0 Å². The SMILES string of the molecule is Cc1ccc(CC(Cl)B2O[C@@H]3C[C@@H]4C[C@@H](C4(C)C)[C@]3(C)O2)cc1. The van der Waals surface area contributed by atoms with Crippen molar-refractivity contribution in [2.75, 3.05) is 0 Å². The van der Waals surface area contributed by atoms with Crippen molar-refractivity contribution >= 4 is 18.7 Å². The molecule has 4 fully saturated rings. The van der Waals surface area contributed by atoms with Crippen molar-refractivity contribution < 1.29 is 9.31 Å². The molecule has 4 aliphatic rings. The summed E-state index contributed by atoms with van der Waals surface area (Å²) in [6.45, 7) is 9.11. The number of rotatable bonds is 3. The maximum absolute atomic E-state index is 6.67. The van der Waals surface area contributed by atoms with Crippen LogP contribution in [-0.4, -0.2) is 24.1 Å². The Morgan fingerprint density at radius 2 is 1.91 bits per heavy atom. The second-order valence-corrected chi connectivity index (χ2v) is 9.10. The van der Waals surface area contributed by atoms with Gasteiger partial charge in [0, 0.05) is 0 Å². The van der Waals surface area contributed by atoms with Gasteiger partial charge in [-0.15, -0.1) is 11.6 Å². The van der Waals surface area contributed by atoms with Crippen molar-refractivity contribution in [2.24, 2.45) is 17.3 Å². The van der Waals surface area contributed by atoms with Crippen molar-refractivity contribution in [1.82, 2.24) is 0 Å². The van der Waals surface area contributed by atoms with Crippen molar-refractivity contribution in [3.8, 4) is 0 Å². The van der Waals surface area contributed by atoms with E-state index in [1.165, 1.54) is 17.5 Å². The summed E-state index contributed by atoms with van der Waals surface area (Å²) < 4.78 is 12.7. The summed E-state index contributed by atoms with van der Waals surface area (Å²) in [6, 6.07) is 8.56. The monoisotopic (exact) mass is 332 g/mol. The molecular weight excluding hydrogens is 306 g/mol. The Balaban J connectivity index is 1.47. The molecular formula is C19H26BClO2. The zero-order valence-corrected chi connectivity index (χ0v) is 15.3. The van der Waals surface area contributed by atoms with Crippen molar-refractivity contribution in [3.63, 3.8) is 0 Å². The van der Waals surface area contributed by atoms with Crippen LogP contribution in [-0.2, 0) is 15.7 Å². The molecule has 23 heavy (non-hydrogen) atoms. The summed E-state index contributed by atoms with van der Waals surface area (Å²) in [5.74, 6) is 1.37. The predicted octanol–water partition coefficient (Wildman–Crippen LogP) is 4.41. The lowest BCUT2D eigenvalue weighted by atomic mass is 9.43. The van der Waals surface area contributed by atoms with Gasteiger partial charge in [-0.25, -0.2) is 0 Å². The molecule has 5 atom stereocenters. The van der Waals surface area contributed by atoms with Gasteiger partial charge in [-0.1, -0.05) is 43.7 Å². The van der Waals surface area contributed by atoms with Crippen LogP contribution in [0.5, 0.6) is 0 Å². The van der Waals surface area contributed by atoms with Gasteiger partial charge in [0.15, 0.2) is 0 Å². The smallest absolute Gasteiger partial charge is 0.404 e. The van der Waals surface area contributed by atoms with Crippen molar-refractivity contribution in [1.29, 1.82) is 0 Å². The molecule has 0 spiro atoms. The topological polar surface area (TPSA) is 18.5 Å². The van der Waals surface area contributed by atoms with E-state index < -0.39 is 0 Å². The van der Waals surface area contributed by atoms with Gasteiger partial charge in [0.1, 0.15) is 0 Å². The van der Waals surface area contributed by atoms with Crippen LogP contribution >= 0.6 is 11.6 Å². The molecule has 3 saturated carbocycles. The Morgan fingerprint density at radius 3 is 2.57 bits per heavy atom. The Labute approximate surface area is 145 Å². The molecule has 0 N–H and O–H groups in total. The fraction of sp³-hybridized carbons (Fsp3) is 0.684. The zero-order valence-electron chi connectivity index (χ0n) is 14.5.